The molecule has 0 amide bonds. The molecule has 2 rings (SSSR count). The van der Waals surface area contributed by atoms with E-state index in [0.717, 1.165) is 18.7 Å². The monoisotopic (exact) mass is 265 g/mol. The molecule has 6 nitrogen and oxygen atoms in total. The van der Waals surface area contributed by atoms with Crippen molar-refractivity contribution in [2.75, 3.05) is 18.1 Å². The number of carbonyl (C=O) groups is 1. The first-order valence-electron chi connectivity index (χ1n) is 6.57. The summed E-state index contributed by atoms with van der Waals surface area (Å²) in [4.78, 5) is 21.4. The highest BCUT2D eigenvalue weighted by molar-refractivity contribution is 5.67. The zero-order valence-electron chi connectivity index (χ0n) is 11.3. The van der Waals surface area contributed by atoms with Crippen LogP contribution >= 0.6 is 0 Å². The average molecular weight is 265 g/mol. The van der Waals surface area contributed by atoms with Crippen molar-refractivity contribution < 1.29 is 14.6 Å². The van der Waals surface area contributed by atoms with E-state index in [1.165, 1.54) is 0 Å². The van der Waals surface area contributed by atoms with Crippen LogP contribution in [0.2, 0.25) is 0 Å². The summed E-state index contributed by atoms with van der Waals surface area (Å²) in [5.41, 5.74) is 0. The minimum Gasteiger partial charge on any atom is -0.481 e. The maximum atomic E-state index is 10.7. The number of anilines is 1. The smallest absolute Gasteiger partial charge is 0.305 e. The Morgan fingerprint density at radius 3 is 2.84 bits per heavy atom. The zero-order valence-corrected chi connectivity index (χ0v) is 11.3. The van der Waals surface area contributed by atoms with Crippen molar-refractivity contribution >= 4 is 11.8 Å². The molecule has 104 valence electrons. The van der Waals surface area contributed by atoms with Gasteiger partial charge in [0.25, 0.3) is 0 Å². The number of hydrogen-bond donors (Lipinski definition) is 1. The van der Waals surface area contributed by atoms with Crippen LogP contribution in [0, 0.1) is 6.92 Å². The Morgan fingerprint density at radius 2 is 2.26 bits per heavy atom. The lowest BCUT2D eigenvalue weighted by atomic mass is 10.3. The number of ether oxygens (including phenoxy) is 1. The second-order valence-electron chi connectivity index (χ2n) is 4.61. The Labute approximate surface area is 112 Å². The van der Waals surface area contributed by atoms with E-state index in [9.17, 15) is 4.79 Å². The van der Waals surface area contributed by atoms with Gasteiger partial charge in [-0.1, -0.05) is 0 Å². The standard InChI is InChI=1S/C13H19N3O3/c1-3-19-12-8-11(14-9(2)15-12)16(10-4-5-10)7-6-13(17)18/h8,10H,3-7H2,1-2H3,(H,17,18). The Bertz CT molecular complexity index is 460. The number of rotatable bonds is 7. The molecule has 19 heavy (non-hydrogen) atoms. The van der Waals surface area contributed by atoms with E-state index in [1.807, 2.05) is 18.7 Å². The van der Waals surface area contributed by atoms with Gasteiger partial charge < -0.3 is 14.7 Å². The first-order valence-corrected chi connectivity index (χ1v) is 6.57. The first-order chi connectivity index (χ1) is 9.10. The lowest BCUT2D eigenvalue weighted by molar-refractivity contribution is -0.136. The summed E-state index contributed by atoms with van der Waals surface area (Å²) in [6.45, 7) is 4.74. The van der Waals surface area contributed by atoms with Gasteiger partial charge in [-0.25, -0.2) is 4.98 Å². The molecule has 1 aromatic heterocycles. The fraction of sp³-hybridized carbons (Fsp3) is 0.615. The number of carboxylic acid groups (broad SMARTS) is 1. The van der Waals surface area contributed by atoms with Crippen LogP contribution in [0.25, 0.3) is 0 Å². The van der Waals surface area contributed by atoms with E-state index in [1.54, 1.807) is 6.07 Å². The molecule has 0 aromatic carbocycles. The second-order valence-corrected chi connectivity index (χ2v) is 4.61. The van der Waals surface area contributed by atoms with Gasteiger partial charge in [-0.15, -0.1) is 0 Å². The van der Waals surface area contributed by atoms with Crippen LogP contribution in [0.4, 0.5) is 5.82 Å². The Morgan fingerprint density at radius 1 is 1.53 bits per heavy atom. The lowest BCUT2D eigenvalue weighted by Crippen LogP contribution is -2.29. The number of aliphatic carboxylic acids is 1. The summed E-state index contributed by atoms with van der Waals surface area (Å²) < 4.78 is 5.41. The maximum Gasteiger partial charge on any atom is 0.305 e. The van der Waals surface area contributed by atoms with Crippen LogP contribution in [-0.4, -0.2) is 40.2 Å². The van der Waals surface area contributed by atoms with Gasteiger partial charge in [0.05, 0.1) is 13.0 Å². The van der Waals surface area contributed by atoms with Crippen molar-refractivity contribution in [3.8, 4) is 5.88 Å². The Kier molecular flexibility index (Phi) is 4.19. The maximum absolute atomic E-state index is 10.7. The fourth-order valence-corrected chi connectivity index (χ4v) is 1.98. The van der Waals surface area contributed by atoms with E-state index in [-0.39, 0.29) is 6.42 Å². The van der Waals surface area contributed by atoms with E-state index >= 15 is 0 Å². The van der Waals surface area contributed by atoms with E-state index in [2.05, 4.69) is 9.97 Å². The van der Waals surface area contributed by atoms with Crippen molar-refractivity contribution in [1.82, 2.24) is 9.97 Å². The van der Waals surface area contributed by atoms with Gasteiger partial charge in [-0.05, 0) is 26.7 Å². The average Bonchev–Trinajstić information content (AvgIpc) is 3.13. The van der Waals surface area contributed by atoms with Gasteiger partial charge in [0, 0.05) is 18.7 Å². The molecule has 0 spiro atoms. The first kappa shape index (κ1) is 13.6. The molecule has 0 saturated heterocycles. The van der Waals surface area contributed by atoms with Gasteiger partial charge >= 0.3 is 5.97 Å². The van der Waals surface area contributed by atoms with Crippen LogP contribution in [0.3, 0.4) is 0 Å². The van der Waals surface area contributed by atoms with E-state index in [4.69, 9.17) is 9.84 Å². The van der Waals surface area contributed by atoms with Crippen LogP contribution in [0.15, 0.2) is 6.07 Å². The molecule has 6 heteroatoms. The number of aromatic nitrogens is 2. The van der Waals surface area contributed by atoms with Crippen LogP contribution in [-0.2, 0) is 4.79 Å². The third kappa shape index (κ3) is 3.81. The summed E-state index contributed by atoms with van der Waals surface area (Å²) in [6.07, 6.45) is 2.29. The van der Waals surface area contributed by atoms with Gasteiger partial charge in [0.15, 0.2) is 0 Å². The largest absolute Gasteiger partial charge is 0.481 e. The van der Waals surface area contributed by atoms with Gasteiger partial charge in [0.2, 0.25) is 5.88 Å². The van der Waals surface area contributed by atoms with Gasteiger partial charge in [-0.3, -0.25) is 4.79 Å². The molecule has 1 aliphatic rings. The third-order valence-electron chi connectivity index (χ3n) is 2.94. The normalized spacial score (nSPS) is 14.2. The summed E-state index contributed by atoms with van der Waals surface area (Å²) in [5.74, 6) is 1.16. The minimum atomic E-state index is -0.790. The number of nitrogens with zero attached hydrogens (tertiary/aromatic N) is 3. The number of aryl methyl sites for hydroxylation is 1. The fourth-order valence-electron chi connectivity index (χ4n) is 1.98. The molecule has 0 radical (unpaired) electrons. The predicted molar refractivity (Wildman–Crippen MR) is 70.6 cm³/mol. The molecule has 0 atom stereocenters. The van der Waals surface area contributed by atoms with Crippen molar-refractivity contribution in [3.05, 3.63) is 11.9 Å². The number of hydrogen-bond acceptors (Lipinski definition) is 5. The molecule has 1 N–H and O–H groups in total. The zero-order chi connectivity index (χ0) is 13.8. The molecule has 1 heterocycles. The highest BCUT2D eigenvalue weighted by Gasteiger charge is 2.30. The molecule has 0 bridgehead atoms. The Balaban J connectivity index is 2.17. The van der Waals surface area contributed by atoms with E-state index < -0.39 is 5.97 Å². The molecule has 1 saturated carbocycles. The minimum absolute atomic E-state index is 0.115. The van der Waals surface area contributed by atoms with Crippen molar-refractivity contribution in [1.29, 1.82) is 0 Å². The summed E-state index contributed by atoms with van der Waals surface area (Å²) in [7, 11) is 0. The Hall–Kier alpha value is -1.85. The molecular formula is C13H19N3O3. The van der Waals surface area contributed by atoms with E-state index in [0.29, 0.717) is 30.9 Å². The predicted octanol–water partition coefficient (Wildman–Crippen LogP) is 1.63. The highest BCUT2D eigenvalue weighted by atomic mass is 16.5. The van der Waals surface area contributed by atoms with Gasteiger partial charge in [0.1, 0.15) is 11.6 Å². The van der Waals surface area contributed by atoms with Crippen LogP contribution in [0.1, 0.15) is 32.0 Å². The molecule has 1 aliphatic carbocycles. The van der Waals surface area contributed by atoms with Gasteiger partial charge in [-0.2, -0.15) is 4.98 Å². The molecule has 0 aliphatic heterocycles. The topological polar surface area (TPSA) is 75.5 Å². The SMILES string of the molecule is CCOc1cc(N(CCC(=O)O)C2CC2)nc(C)n1. The van der Waals surface area contributed by atoms with Crippen molar-refractivity contribution in [2.24, 2.45) is 0 Å². The molecule has 1 fully saturated rings. The van der Waals surface area contributed by atoms with Crippen molar-refractivity contribution in [2.45, 2.75) is 39.2 Å². The molecular weight excluding hydrogens is 246 g/mol. The highest BCUT2D eigenvalue weighted by Crippen LogP contribution is 2.31. The number of carboxylic acids is 1. The van der Waals surface area contributed by atoms with Crippen molar-refractivity contribution in [3.63, 3.8) is 0 Å². The van der Waals surface area contributed by atoms with Crippen LogP contribution in [0.5, 0.6) is 5.88 Å². The van der Waals surface area contributed by atoms with Crippen LogP contribution < -0.4 is 9.64 Å². The summed E-state index contributed by atoms with van der Waals surface area (Å²) >= 11 is 0. The molecule has 1 aromatic rings. The summed E-state index contributed by atoms with van der Waals surface area (Å²) in [5, 5.41) is 8.82. The quantitative estimate of drug-likeness (QED) is 0.807. The second kappa shape index (κ2) is 5.86. The molecule has 0 unspecified atom stereocenters. The summed E-state index contributed by atoms with van der Waals surface area (Å²) in [6, 6.07) is 2.19. The third-order valence-corrected chi connectivity index (χ3v) is 2.94. The lowest BCUT2D eigenvalue weighted by Gasteiger charge is -2.23.